The summed E-state index contributed by atoms with van der Waals surface area (Å²) in [6.07, 6.45) is 0.0248. The van der Waals surface area contributed by atoms with Gasteiger partial charge in [0.05, 0.1) is 11.7 Å². The lowest BCUT2D eigenvalue weighted by atomic mass is 10.1. The van der Waals surface area contributed by atoms with Crippen LogP contribution in [-0.4, -0.2) is 18.6 Å². The fraction of sp³-hybridized carbons (Fsp3) is 0.417. The molecule has 0 bridgehead atoms. The predicted octanol–water partition coefficient (Wildman–Crippen LogP) is 1.81. The van der Waals surface area contributed by atoms with E-state index in [0.717, 1.165) is 0 Å². The van der Waals surface area contributed by atoms with Crippen molar-refractivity contribution in [2.24, 2.45) is 0 Å². The number of nitrogens with two attached hydrogens (primary N) is 1. The van der Waals surface area contributed by atoms with Crippen molar-refractivity contribution in [1.29, 1.82) is 0 Å². The van der Waals surface area contributed by atoms with Crippen LogP contribution in [0.2, 0.25) is 0 Å². The van der Waals surface area contributed by atoms with Crippen LogP contribution in [0.3, 0.4) is 0 Å². The number of carbonyl (C=O) groups is 1. The standard InChI is InChI=1S/C12H18N2O2/c1-4-14-12(15)10-7-9(13)5-6-11(10)16-8(2)3/h5-8H,4,13H2,1-3H3,(H,14,15). The van der Waals surface area contributed by atoms with E-state index in [2.05, 4.69) is 5.32 Å². The Bertz CT molecular complexity index is 375. The minimum absolute atomic E-state index is 0.0248. The summed E-state index contributed by atoms with van der Waals surface area (Å²) < 4.78 is 5.55. The molecule has 0 saturated carbocycles. The van der Waals surface area contributed by atoms with Crippen LogP contribution in [0.15, 0.2) is 18.2 Å². The zero-order valence-electron chi connectivity index (χ0n) is 9.91. The molecular weight excluding hydrogens is 204 g/mol. The van der Waals surface area contributed by atoms with Gasteiger partial charge in [0, 0.05) is 12.2 Å². The van der Waals surface area contributed by atoms with E-state index in [1.807, 2.05) is 20.8 Å². The Hall–Kier alpha value is -1.71. The summed E-state index contributed by atoms with van der Waals surface area (Å²) in [5, 5.41) is 2.73. The zero-order valence-corrected chi connectivity index (χ0v) is 9.91. The summed E-state index contributed by atoms with van der Waals surface area (Å²) in [6, 6.07) is 5.07. The molecule has 0 radical (unpaired) electrons. The Kier molecular flexibility index (Phi) is 4.17. The smallest absolute Gasteiger partial charge is 0.255 e. The first kappa shape index (κ1) is 12.4. The molecule has 16 heavy (non-hydrogen) atoms. The van der Waals surface area contributed by atoms with Gasteiger partial charge in [-0.3, -0.25) is 4.79 Å². The van der Waals surface area contributed by atoms with Crippen LogP contribution in [0.1, 0.15) is 31.1 Å². The first-order valence-corrected chi connectivity index (χ1v) is 5.39. The molecule has 0 spiro atoms. The number of ether oxygens (including phenoxy) is 1. The van der Waals surface area contributed by atoms with E-state index < -0.39 is 0 Å². The number of carbonyl (C=O) groups excluding carboxylic acids is 1. The second-order valence-electron chi connectivity index (χ2n) is 3.78. The third-order valence-corrected chi connectivity index (χ3v) is 1.95. The van der Waals surface area contributed by atoms with Gasteiger partial charge in [0.2, 0.25) is 0 Å². The molecular formula is C12H18N2O2. The van der Waals surface area contributed by atoms with Gasteiger partial charge in [-0.05, 0) is 39.0 Å². The van der Waals surface area contributed by atoms with Gasteiger partial charge in [0.1, 0.15) is 5.75 Å². The number of anilines is 1. The lowest BCUT2D eigenvalue weighted by Crippen LogP contribution is -2.24. The second kappa shape index (κ2) is 5.39. The third-order valence-electron chi connectivity index (χ3n) is 1.95. The van der Waals surface area contributed by atoms with Crippen molar-refractivity contribution in [2.75, 3.05) is 12.3 Å². The van der Waals surface area contributed by atoms with Gasteiger partial charge < -0.3 is 15.8 Å². The molecule has 1 aromatic carbocycles. The fourth-order valence-corrected chi connectivity index (χ4v) is 1.34. The summed E-state index contributed by atoms with van der Waals surface area (Å²) in [5.41, 5.74) is 6.69. The first-order valence-electron chi connectivity index (χ1n) is 5.39. The van der Waals surface area contributed by atoms with Gasteiger partial charge in [0.15, 0.2) is 0 Å². The molecule has 0 aliphatic heterocycles. The van der Waals surface area contributed by atoms with E-state index in [1.54, 1.807) is 18.2 Å². The summed E-state index contributed by atoms with van der Waals surface area (Å²) in [6.45, 7) is 6.28. The van der Waals surface area contributed by atoms with Gasteiger partial charge in [-0.25, -0.2) is 0 Å². The Morgan fingerprint density at radius 3 is 2.75 bits per heavy atom. The summed E-state index contributed by atoms with van der Waals surface area (Å²) in [5.74, 6) is 0.403. The highest BCUT2D eigenvalue weighted by Crippen LogP contribution is 2.22. The lowest BCUT2D eigenvalue weighted by molar-refractivity contribution is 0.0950. The molecule has 0 unspecified atom stereocenters. The minimum atomic E-state index is -0.162. The van der Waals surface area contributed by atoms with Gasteiger partial charge in [-0.15, -0.1) is 0 Å². The number of amides is 1. The molecule has 4 nitrogen and oxygen atoms in total. The van der Waals surface area contributed by atoms with Crippen molar-refractivity contribution in [3.8, 4) is 5.75 Å². The topological polar surface area (TPSA) is 64.4 Å². The molecule has 1 aromatic rings. The summed E-state index contributed by atoms with van der Waals surface area (Å²) >= 11 is 0. The number of hydrogen-bond donors (Lipinski definition) is 2. The molecule has 3 N–H and O–H groups in total. The lowest BCUT2D eigenvalue weighted by Gasteiger charge is -2.14. The van der Waals surface area contributed by atoms with Crippen molar-refractivity contribution in [3.63, 3.8) is 0 Å². The molecule has 0 fully saturated rings. The normalized spacial score (nSPS) is 10.2. The highest BCUT2D eigenvalue weighted by Gasteiger charge is 2.13. The molecule has 1 rings (SSSR count). The summed E-state index contributed by atoms with van der Waals surface area (Å²) in [7, 11) is 0. The number of benzene rings is 1. The van der Waals surface area contributed by atoms with Crippen LogP contribution in [0.4, 0.5) is 5.69 Å². The van der Waals surface area contributed by atoms with E-state index in [4.69, 9.17) is 10.5 Å². The molecule has 0 aliphatic rings. The van der Waals surface area contributed by atoms with Crippen molar-refractivity contribution >= 4 is 11.6 Å². The average molecular weight is 222 g/mol. The monoisotopic (exact) mass is 222 g/mol. The molecule has 0 atom stereocenters. The van der Waals surface area contributed by atoms with Crippen molar-refractivity contribution in [2.45, 2.75) is 26.9 Å². The SMILES string of the molecule is CCNC(=O)c1cc(N)ccc1OC(C)C. The highest BCUT2D eigenvalue weighted by atomic mass is 16.5. The van der Waals surface area contributed by atoms with E-state index in [-0.39, 0.29) is 12.0 Å². The Morgan fingerprint density at radius 2 is 2.19 bits per heavy atom. The van der Waals surface area contributed by atoms with E-state index in [1.165, 1.54) is 0 Å². The minimum Gasteiger partial charge on any atom is -0.490 e. The molecule has 4 heteroatoms. The van der Waals surface area contributed by atoms with Crippen molar-refractivity contribution < 1.29 is 9.53 Å². The molecule has 0 aliphatic carbocycles. The molecule has 0 saturated heterocycles. The number of hydrogen-bond acceptors (Lipinski definition) is 3. The highest BCUT2D eigenvalue weighted by molar-refractivity contribution is 5.97. The maximum Gasteiger partial charge on any atom is 0.255 e. The van der Waals surface area contributed by atoms with Crippen LogP contribution < -0.4 is 15.8 Å². The maximum atomic E-state index is 11.8. The Labute approximate surface area is 95.8 Å². The molecule has 1 amide bonds. The van der Waals surface area contributed by atoms with Crippen LogP contribution in [0, 0.1) is 0 Å². The predicted molar refractivity (Wildman–Crippen MR) is 64.6 cm³/mol. The summed E-state index contributed by atoms with van der Waals surface area (Å²) in [4.78, 5) is 11.8. The number of rotatable bonds is 4. The quantitative estimate of drug-likeness (QED) is 0.763. The molecule has 0 heterocycles. The Morgan fingerprint density at radius 1 is 1.50 bits per heavy atom. The van der Waals surface area contributed by atoms with Gasteiger partial charge in [-0.1, -0.05) is 0 Å². The molecule has 88 valence electrons. The van der Waals surface area contributed by atoms with Crippen LogP contribution in [0.25, 0.3) is 0 Å². The van der Waals surface area contributed by atoms with Crippen molar-refractivity contribution in [3.05, 3.63) is 23.8 Å². The van der Waals surface area contributed by atoms with E-state index in [0.29, 0.717) is 23.5 Å². The molecule has 0 aromatic heterocycles. The number of nitrogen functional groups attached to an aromatic ring is 1. The van der Waals surface area contributed by atoms with Gasteiger partial charge >= 0.3 is 0 Å². The van der Waals surface area contributed by atoms with Crippen LogP contribution >= 0.6 is 0 Å². The fourth-order valence-electron chi connectivity index (χ4n) is 1.34. The van der Waals surface area contributed by atoms with E-state index >= 15 is 0 Å². The second-order valence-corrected chi connectivity index (χ2v) is 3.78. The first-order chi connectivity index (χ1) is 7.54. The van der Waals surface area contributed by atoms with Gasteiger partial charge in [-0.2, -0.15) is 0 Å². The van der Waals surface area contributed by atoms with Crippen LogP contribution in [-0.2, 0) is 0 Å². The zero-order chi connectivity index (χ0) is 12.1. The van der Waals surface area contributed by atoms with Crippen LogP contribution in [0.5, 0.6) is 5.75 Å². The maximum absolute atomic E-state index is 11.8. The Balaban J connectivity index is 3.02. The van der Waals surface area contributed by atoms with E-state index in [9.17, 15) is 4.79 Å². The average Bonchev–Trinajstić information content (AvgIpc) is 2.20. The third kappa shape index (κ3) is 3.15. The number of nitrogens with one attached hydrogen (secondary N) is 1. The van der Waals surface area contributed by atoms with Gasteiger partial charge in [0.25, 0.3) is 5.91 Å². The van der Waals surface area contributed by atoms with Crippen molar-refractivity contribution in [1.82, 2.24) is 5.32 Å². The largest absolute Gasteiger partial charge is 0.490 e.